The molecule has 0 unspecified atom stereocenters. The lowest BCUT2D eigenvalue weighted by Crippen LogP contribution is -2.32. The molecule has 10 fully saturated rings. The predicted molar refractivity (Wildman–Crippen MR) is 303 cm³/mol. The standard InChI is InChI=1S/C7H15N.2C7H14.3C6H13N.C5H11N.2C5H10.C4H9N.2CH4/c1-8-6-4-2-3-5-7-8;5*1-7-5-3-2-4-6-7;1-6-4-2-3-5-6;3*1-5-3-2-4-5;;/h2-7H2,1H3;2*7H,2-6H2,1H3;3*2-6H2,1H3;2-5H2,1H3;2*5H,2-4H2,1H3;2-4H2,1H3;2*1H4. The highest BCUT2D eigenvalue weighted by Gasteiger charge is 2.11. The minimum absolute atomic E-state index is 0. The van der Waals surface area contributed by atoms with Crippen LogP contribution in [0.15, 0.2) is 0 Å². The summed E-state index contributed by atoms with van der Waals surface area (Å²) in [6.07, 6.45) is 46.6. The first-order valence-electron chi connectivity index (χ1n) is 29.1. The van der Waals surface area contributed by atoms with Crippen molar-refractivity contribution >= 4 is 0 Å². The molecule has 10 rings (SSSR count). The number of likely N-dealkylation sites (tertiary alicyclic amines) is 6. The number of hydrogen-bond donors (Lipinski definition) is 0. The molecule has 0 aromatic rings. The van der Waals surface area contributed by atoms with Crippen LogP contribution < -0.4 is 0 Å². The van der Waals surface area contributed by atoms with Crippen LogP contribution in [0, 0.1) is 23.7 Å². The topological polar surface area (TPSA) is 19.4 Å². The van der Waals surface area contributed by atoms with Gasteiger partial charge < -0.3 is 29.4 Å². The second-order valence-electron chi connectivity index (χ2n) is 23.0. The van der Waals surface area contributed by atoms with Crippen molar-refractivity contribution in [1.82, 2.24) is 29.4 Å². The number of nitrogens with zero attached hydrogens (tertiary/aromatic N) is 6. The second kappa shape index (κ2) is 48.4. The highest BCUT2D eigenvalue weighted by atomic mass is 15.1. The summed E-state index contributed by atoms with van der Waals surface area (Å²) in [5.41, 5.74) is 0. The van der Waals surface area contributed by atoms with Crippen LogP contribution in [0.1, 0.15) is 248 Å². The number of piperidine rings is 3. The van der Waals surface area contributed by atoms with Crippen LogP contribution in [0.3, 0.4) is 0 Å². The van der Waals surface area contributed by atoms with E-state index in [1.165, 1.54) is 284 Å². The monoisotopic (exact) mass is 935 g/mol. The average Bonchev–Trinajstić information content (AvgIpc) is 3.64. The Kier molecular flexibility index (Phi) is 49.7. The molecule has 4 saturated carbocycles. The quantitative estimate of drug-likeness (QED) is 0.239. The van der Waals surface area contributed by atoms with Crippen LogP contribution in [-0.4, -0.2) is 150 Å². The van der Waals surface area contributed by atoms with Crippen LogP contribution in [0.5, 0.6) is 0 Å². The van der Waals surface area contributed by atoms with Gasteiger partial charge in [-0.15, -0.1) is 0 Å². The molecule has 4 aliphatic carbocycles. The lowest BCUT2D eigenvalue weighted by atomic mass is 9.88. The Hall–Kier alpha value is -0.240. The van der Waals surface area contributed by atoms with Gasteiger partial charge in [0.05, 0.1) is 0 Å². The summed E-state index contributed by atoms with van der Waals surface area (Å²) in [5.74, 6) is 4.20. The van der Waals surface area contributed by atoms with Crippen molar-refractivity contribution < 1.29 is 0 Å². The molecule has 6 nitrogen and oxygen atoms in total. The first-order valence-corrected chi connectivity index (χ1v) is 29.1. The fourth-order valence-corrected chi connectivity index (χ4v) is 9.57. The summed E-state index contributed by atoms with van der Waals surface area (Å²) >= 11 is 0. The van der Waals surface area contributed by atoms with E-state index in [1.807, 2.05) is 0 Å². The summed E-state index contributed by atoms with van der Waals surface area (Å²) in [7, 11) is 13.1. The van der Waals surface area contributed by atoms with E-state index in [-0.39, 0.29) is 14.9 Å². The Morgan fingerprint density at radius 1 is 0.182 bits per heavy atom. The molecule has 0 aromatic carbocycles. The molecule has 10 aliphatic rings. The molecule has 0 N–H and O–H groups in total. The minimum Gasteiger partial charge on any atom is -0.306 e. The normalized spacial score (nSPS) is 24.6. The first-order chi connectivity index (χ1) is 30.9. The lowest BCUT2D eigenvalue weighted by molar-refractivity contribution is 0.229. The minimum atomic E-state index is 0. The van der Waals surface area contributed by atoms with E-state index in [1.54, 1.807) is 0 Å². The Morgan fingerprint density at radius 2 is 0.318 bits per heavy atom. The summed E-state index contributed by atoms with van der Waals surface area (Å²) in [6.45, 7) is 25.2. The van der Waals surface area contributed by atoms with E-state index in [0.717, 1.165) is 23.7 Å². The van der Waals surface area contributed by atoms with Crippen molar-refractivity contribution in [2.75, 3.05) is 121 Å². The van der Waals surface area contributed by atoms with Gasteiger partial charge in [0.2, 0.25) is 0 Å². The number of rotatable bonds is 0. The third-order valence-corrected chi connectivity index (χ3v) is 15.6. The van der Waals surface area contributed by atoms with Crippen molar-refractivity contribution in [3.8, 4) is 0 Å². The van der Waals surface area contributed by atoms with Crippen LogP contribution >= 0.6 is 0 Å². The first kappa shape index (κ1) is 67.8. The summed E-state index contributed by atoms with van der Waals surface area (Å²) in [4.78, 5) is 14.3. The van der Waals surface area contributed by atoms with Crippen LogP contribution in [0.25, 0.3) is 0 Å². The van der Waals surface area contributed by atoms with Crippen LogP contribution in [0.2, 0.25) is 0 Å². The molecule has 0 radical (unpaired) electrons. The molecule has 0 bridgehead atoms. The summed E-state index contributed by atoms with van der Waals surface area (Å²) in [5, 5.41) is 0. The van der Waals surface area contributed by atoms with Gasteiger partial charge in [-0.25, -0.2) is 0 Å². The summed E-state index contributed by atoms with van der Waals surface area (Å²) in [6, 6.07) is 0. The zero-order valence-electron chi connectivity index (χ0n) is 46.1. The van der Waals surface area contributed by atoms with Gasteiger partial charge in [0, 0.05) is 0 Å². The van der Waals surface area contributed by atoms with E-state index in [2.05, 4.69) is 99.4 Å². The van der Waals surface area contributed by atoms with E-state index in [0.29, 0.717) is 0 Å². The average molecular weight is 936 g/mol. The van der Waals surface area contributed by atoms with Gasteiger partial charge in [0.25, 0.3) is 0 Å². The zero-order valence-corrected chi connectivity index (χ0v) is 46.1. The SMILES string of the molecule is C.C.CC1CCC1.CC1CCC1.CC1CCCCC1.CC1CCCCC1.CN1CCC1.CN1CCCC1.CN1CCCCC1.CN1CCCCC1.CN1CCCCC1.CN1CCCCCC1. The molecule has 0 spiro atoms. The molecular formula is C60H130N6. The van der Waals surface area contributed by atoms with Gasteiger partial charge in [-0.2, -0.15) is 0 Å². The molecule has 6 aliphatic heterocycles. The maximum atomic E-state index is 2.42. The lowest BCUT2D eigenvalue weighted by Gasteiger charge is -2.24. The third-order valence-electron chi connectivity index (χ3n) is 15.6. The van der Waals surface area contributed by atoms with E-state index >= 15 is 0 Å². The Balaban J connectivity index is 0. The Morgan fingerprint density at radius 3 is 0.424 bits per heavy atom. The van der Waals surface area contributed by atoms with Crippen molar-refractivity contribution in [3.63, 3.8) is 0 Å². The fourth-order valence-electron chi connectivity index (χ4n) is 9.57. The molecular weight excluding hydrogens is 805 g/mol. The molecule has 400 valence electrons. The highest BCUT2D eigenvalue weighted by molar-refractivity contribution is 4.65. The van der Waals surface area contributed by atoms with Crippen LogP contribution in [-0.2, 0) is 0 Å². The van der Waals surface area contributed by atoms with Gasteiger partial charge in [-0.1, -0.05) is 177 Å². The van der Waals surface area contributed by atoms with Crippen molar-refractivity contribution in [3.05, 3.63) is 0 Å². The molecule has 0 aromatic heterocycles. The van der Waals surface area contributed by atoms with E-state index in [9.17, 15) is 0 Å². The molecule has 6 heterocycles. The third kappa shape index (κ3) is 46.2. The van der Waals surface area contributed by atoms with Crippen molar-refractivity contribution in [2.24, 2.45) is 23.7 Å². The van der Waals surface area contributed by atoms with Crippen molar-refractivity contribution in [1.29, 1.82) is 0 Å². The molecule has 6 heteroatoms. The van der Waals surface area contributed by atoms with Crippen LogP contribution in [0.4, 0.5) is 0 Å². The maximum absolute atomic E-state index is 2.42. The number of hydrogen-bond acceptors (Lipinski definition) is 6. The largest absolute Gasteiger partial charge is 0.306 e. The predicted octanol–water partition coefficient (Wildman–Crippen LogP) is 15.9. The molecule has 66 heavy (non-hydrogen) atoms. The van der Waals surface area contributed by atoms with Gasteiger partial charge in [-0.3, -0.25) is 0 Å². The maximum Gasteiger partial charge on any atom is -0.000959 e. The summed E-state index contributed by atoms with van der Waals surface area (Å²) < 4.78 is 0. The Bertz CT molecular complexity index is 771. The molecule has 0 atom stereocenters. The fraction of sp³-hybridized carbons (Fsp3) is 1.00. The smallest absolute Gasteiger partial charge is 0.000959 e. The van der Waals surface area contributed by atoms with Gasteiger partial charge in [0.1, 0.15) is 0 Å². The second-order valence-corrected chi connectivity index (χ2v) is 23.0. The zero-order chi connectivity index (χ0) is 46.9. The van der Waals surface area contributed by atoms with Gasteiger partial charge in [0.15, 0.2) is 0 Å². The van der Waals surface area contributed by atoms with Gasteiger partial charge >= 0.3 is 0 Å². The molecule has 0 amide bonds. The molecule has 6 saturated heterocycles. The highest BCUT2D eigenvalue weighted by Crippen LogP contribution is 2.25. The van der Waals surface area contributed by atoms with E-state index in [4.69, 9.17) is 0 Å². The van der Waals surface area contributed by atoms with Crippen molar-refractivity contribution in [2.45, 2.75) is 248 Å². The van der Waals surface area contributed by atoms with E-state index < -0.39 is 0 Å². The van der Waals surface area contributed by atoms with Gasteiger partial charge in [-0.05, 0) is 215 Å². The Labute approximate surface area is 420 Å².